The number of fused-ring (bicyclic) bond motifs is 2. The van der Waals surface area contributed by atoms with E-state index in [-0.39, 0.29) is 70.2 Å². The molecule has 2 amide bonds. The van der Waals surface area contributed by atoms with Crippen LogP contribution in [0.2, 0.25) is 10.0 Å². The van der Waals surface area contributed by atoms with Crippen molar-refractivity contribution in [3.63, 3.8) is 0 Å². The zero-order valence-corrected chi connectivity index (χ0v) is 30.9. The van der Waals surface area contributed by atoms with Crippen LogP contribution in [0.5, 0.6) is 11.5 Å². The Morgan fingerprint density at radius 1 is 0.623 bits per heavy atom. The average molecular weight is 756 g/mol. The molecule has 6 rings (SSSR count). The lowest BCUT2D eigenvalue weighted by Gasteiger charge is -2.17. The zero-order valence-electron chi connectivity index (χ0n) is 29.4. The third-order valence-corrected chi connectivity index (χ3v) is 9.47. The van der Waals surface area contributed by atoms with Gasteiger partial charge in [-0.05, 0) is 58.7 Å². The average Bonchev–Trinajstić information content (AvgIpc) is 3.09. The Labute approximate surface area is 314 Å². The molecule has 0 radical (unpaired) electrons. The van der Waals surface area contributed by atoms with Gasteiger partial charge in [0.2, 0.25) is 11.8 Å². The number of likely N-dealkylation sites (N-methyl/N-ethyl adjacent to an activating group) is 2. The van der Waals surface area contributed by atoms with Crippen LogP contribution in [0, 0.1) is 0 Å². The summed E-state index contributed by atoms with van der Waals surface area (Å²) in [5, 5.41) is 1.17. The predicted molar refractivity (Wildman–Crippen MR) is 207 cm³/mol. The molecule has 4 aromatic carbocycles. The highest BCUT2D eigenvalue weighted by Crippen LogP contribution is 2.40. The molecular formula is C40H36Cl2N4O7. The lowest BCUT2D eigenvalue weighted by Crippen LogP contribution is -2.25. The summed E-state index contributed by atoms with van der Waals surface area (Å²) in [4.78, 5) is 55.8. The summed E-state index contributed by atoms with van der Waals surface area (Å²) in [5.41, 5.74) is 15.1. The lowest BCUT2D eigenvalue weighted by atomic mass is 9.95. The van der Waals surface area contributed by atoms with Crippen LogP contribution in [0.4, 0.5) is 11.4 Å². The largest absolute Gasteiger partial charge is 0.454 e. The number of anilines is 2. The standard InChI is InChI=1S/C40H36Cl2N4O7/c1-45(2)37(47)17-25-27-15-31(41)35(19-33(27)52-39(49)29(25)13-21-7-5-9-23(43)11-21)51-36-20-34-28(16-32(36)42)26(18-38(48)46(3)4)30(40(50)53-34)14-22-8-6-10-24(44)12-22/h5-12,15-16,19-20H,13-14,17-18,43-44H2,1-4H3. The van der Waals surface area contributed by atoms with Crippen molar-refractivity contribution < 1.29 is 23.2 Å². The first-order valence-electron chi connectivity index (χ1n) is 16.5. The molecular weight excluding hydrogens is 719 g/mol. The summed E-state index contributed by atoms with van der Waals surface area (Å²) in [6.45, 7) is 0. The molecule has 0 unspecified atom stereocenters. The van der Waals surface area contributed by atoms with Gasteiger partial charge in [-0.15, -0.1) is 0 Å². The molecule has 11 nitrogen and oxygen atoms in total. The topological polar surface area (TPSA) is 162 Å². The summed E-state index contributed by atoms with van der Waals surface area (Å²) < 4.78 is 17.7. The highest BCUT2D eigenvalue weighted by molar-refractivity contribution is 6.34. The molecule has 0 aliphatic heterocycles. The Morgan fingerprint density at radius 2 is 1.02 bits per heavy atom. The first-order valence-corrected chi connectivity index (χ1v) is 17.3. The van der Waals surface area contributed by atoms with Gasteiger partial charge in [-0.25, -0.2) is 9.59 Å². The highest BCUT2D eigenvalue weighted by atomic mass is 35.5. The minimum Gasteiger partial charge on any atom is -0.454 e. The first kappa shape index (κ1) is 37.0. The van der Waals surface area contributed by atoms with Crippen molar-refractivity contribution in [2.75, 3.05) is 39.7 Å². The van der Waals surface area contributed by atoms with Gasteiger partial charge in [-0.2, -0.15) is 0 Å². The van der Waals surface area contributed by atoms with Crippen molar-refractivity contribution in [2.24, 2.45) is 0 Å². The van der Waals surface area contributed by atoms with Crippen LogP contribution in [0.1, 0.15) is 33.4 Å². The molecule has 0 spiro atoms. The summed E-state index contributed by atoms with van der Waals surface area (Å²) in [7, 11) is 6.52. The summed E-state index contributed by atoms with van der Waals surface area (Å²) in [6.07, 6.45) is 0.182. The summed E-state index contributed by atoms with van der Waals surface area (Å²) >= 11 is 13.6. The summed E-state index contributed by atoms with van der Waals surface area (Å²) in [6, 6.07) is 20.2. The van der Waals surface area contributed by atoms with Crippen LogP contribution in [0.25, 0.3) is 21.9 Å². The van der Waals surface area contributed by atoms with Crippen molar-refractivity contribution >= 4 is 68.3 Å². The van der Waals surface area contributed by atoms with Crippen LogP contribution >= 0.6 is 23.2 Å². The number of hydrogen-bond acceptors (Lipinski definition) is 9. The number of rotatable bonds is 10. The van der Waals surface area contributed by atoms with Gasteiger partial charge in [0.1, 0.15) is 22.7 Å². The second kappa shape index (κ2) is 15.1. The van der Waals surface area contributed by atoms with Gasteiger partial charge in [0, 0.05) is 86.4 Å². The molecule has 6 aromatic rings. The van der Waals surface area contributed by atoms with Crippen LogP contribution in [-0.4, -0.2) is 49.8 Å². The molecule has 0 bridgehead atoms. The number of carbonyl (C=O) groups is 2. The Morgan fingerprint density at radius 3 is 1.38 bits per heavy atom. The van der Waals surface area contributed by atoms with Crippen LogP contribution < -0.4 is 27.5 Å². The fourth-order valence-corrected chi connectivity index (χ4v) is 6.48. The smallest absolute Gasteiger partial charge is 0.340 e. The number of amides is 2. The van der Waals surface area contributed by atoms with Crippen molar-refractivity contribution in [2.45, 2.75) is 25.7 Å². The van der Waals surface area contributed by atoms with E-state index in [4.69, 9.17) is 48.2 Å². The van der Waals surface area contributed by atoms with E-state index in [9.17, 15) is 19.2 Å². The van der Waals surface area contributed by atoms with Crippen molar-refractivity contribution in [1.29, 1.82) is 0 Å². The SMILES string of the molecule is CN(C)C(=O)Cc1c(Cc2cccc(N)c2)c(=O)oc2cc(Oc3cc4oc(=O)c(Cc5cccc(N)c5)c(CC(=O)N(C)C)c4cc3Cl)c(Cl)cc12. The molecule has 0 atom stereocenters. The number of nitrogens with two attached hydrogens (primary N) is 2. The lowest BCUT2D eigenvalue weighted by molar-refractivity contribution is -0.128. The molecule has 0 saturated heterocycles. The Hall–Kier alpha value is -5.78. The Balaban J connectivity index is 1.44. The molecule has 53 heavy (non-hydrogen) atoms. The zero-order chi connectivity index (χ0) is 38.1. The van der Waals surface area contributed by atoms with Crippen LogP contribution in [0.15, 0.2) is 91.2 Å². The fourth-order valence-electron chi connectivity index (χ4n) is 6.07. The molecule has 0 aliphatic rings. The maximum Gasteiger partial charge on any atom is 0.340 e. The Bertz CT molecular complexity index is 2370. The van der Waals surface area contributed by atoms with Crippen LogP contribution in [-0.2, 0) is 35.3 Å². The molecule has 4 N–H and O–H groups in total. The van der Waals surface area contributed by atoms with Gasteiger partial charge >= 0.3 is 11.3 Å². The molecule has 0 saturated carbocycles. The molecule has 272 valence electrons. The van der Waals surface area contributed by atoms with Gasteiger partial charge in [0.15, 0.2) is 0 Å². The van der Waals surface area contributed by atoms with Crippen molar-refractivity contribution in [3.8, 4) is 11.5 Å². The van der Waals surface area contributed by atoms with Gasteiger partial charge in [-0.1, -0.05) is 47.5 Å². The molecule has 2 heterocycles. The summed E-state index contributed by atoms with van der Waals surface area (Å²) in [5.74, 6) is -0.287. The van der Waals surface area contributed by atoms with E-state index in [1.165, 1.54) is 21.9 Å². The molecule has 0 aliphatic carbocycles. The molecule has 2 aromatic heterocycles. The Kier molecular flexibility index (Phi) is 10.5. The van der Waals surface area contributed by atoms with Crippen molar-refractivity contribution in [3.05, 3.63) is 137 Å². The van der Waals surface area contributed by atoms with E-state index >= 15 is 0 Å². The molecule has 13 heteroatoms. The maximum absolute atomic E-state index is 13.5. The van der Waals surface area contributed by atoms with E-state index in [0.29, 0.717) is 44.4 Å². The molecule has 0 fully saturated rings. The van der Waals surface area contributed by atoms with Crippen LogP contribution in [0.3, 0.4) is 0 Å². The van der Waals surface area contributed by atoms with Gasteiger partial charge in [-0.3, -0.25) is 9.59 Å². The second-order valence-electron chi connectivity index (χ2n) is 13.1. The number of ether oxygens (including phenoxy) is 1. The number of benzene rings is 4. The number of carbonyl (C=O) groups excluding carboxylic acids is 2. The van der Waals surface area contributed by atoms with E-state index in [1.54, 1.807) is 76.7 Å². The predicted octanol–water partition coefficient (Wildman–Crippen LogP) is 6.61. The first-order chi connectivity index (χ1) is 25.2. The second-order valence-corrected chi connectivity index (χ2v) is 13.9. The highest BCUT2D eigenvalue weighted by Gasteiger charge is 2.23. The fraction of sp³-hybridized carbons (Fsp3) is 0.200. The monoisotopic (exact) mass is 754 g/mol. The third kappa shape index (κ3) is 8.01. The quantitative estimate of drug-likeness (QED) is 0.116. The number of halogens is 2. The third-order valence-electron chi connectivity index (χ3n) is 8.88. The number of nitrogen functional groups attached to an aromatic ring is 2. The minimum absolute atomic E-state index is 0.0840. The van der Waals surface area contributed by atoms with Gasteiger partial charge < -0.3 is 34.8 Å². The van der Waals surface area contributed by atoms with E-state index < -0.39 is 11.3 Å². The number of nitrogens with zero attached hydrogens (tertiary/aromatic N) is 2. The van der Waals surface area contributed by atoms with Gasteiger partial charge in [0.05, 0.1) is 22.9 Å². The minimum atomic E-state index is -0.631. The maximum atomic E-state index is 13.5. The van der Waals surface area contributed by atoms with E-state index in [0.717, 1.165) is 11.1 Å². The van der Waals surface area contributed by atoms with Crippen molar-refractivity contribution in [1.82, 2.24) is 9.80 Å². The van der Waals surface area contributed by atoms with E-state index in [1.807, 2.05) is 12.1 Å². The number of hydrogen-bond donors (Lipinski definition) is 2. The van der Waals surface area contributed by atoms with Gasteiger partial charge in [0.25, 0.3) is 0 Å². The normalized spacial score (nSPS) is 11.2. The van der Waals surface area contributed by atoms with E-state index in [2.05, 4.69) is 0 Å².